The van der Waals surface area contributed by atoms with E-state index in [-0.39, 0.29) is 18.8 Å². The maximum absolute atomic E-state index is 12.8. The molecule has 0 saturated heterocycles. The average molecular weight is 237 g/mol. The van der Waals surface area contributed by atoms with Gasteiger partial charge in [-0.25, -0.2) is 8.78 Å². The Bertz CT molecular complexity index is 250. The molecule has 2 atom stereocenters. The van der Waals surface area contributed by atoms with E-state index in [9.17, 15) is 13.3 Å². The van der Waals surface area contributed by atoms with E-state index in [0.29, 0.717) is 6.42 Å². The van der Waals surface area contributed by atoms with E-state index in [0.717, 1.165) is 0 Å². The van der Waals surface area contributed by atoms with Crippen LogP contribution in [0.15, 0.2) is 4.40 Å². The first-order valence-corrected chi connectivity index (χ1v) is 6.15. The number of hydrogen-bond acceptors (Lipinski definition) is 2. The van der Waals surface area contributed by atoms with Gasteiger partial charge in [0.05, 0.1) is 6.21 Å². The predicted molar refractivity (Wildman–Crippen MR) is 58.7 cm³/mol. The van der Waals surface area contributed by atoms with Gasteiger partial charge in [-0.1, -0.05) is 4.40 Å². The van der Waals surface area contributed by atoms with Crippen molar-refractivity contribution in [3.8, 4) is 0 Å². The number of halogens is 2. The van der Waals surface area contributed by atoms with Gasteiger partial charge in [0.25, 0.3) is 0 Å². The van der Waals surface area contributed by atoms with Gasteiger partial charge < -0.3 is 4.55 Å². The first-order chi connectivity index (χ1) is 6.71. The minimum atomic E-state index is -2.56. The lowest BCUT2D eigenvalue weighted by atomic mass is 10.1. The predicted octanol–water partition coefficient (Wildman–Crippen LogP) is 2.95. The molecule has 0 radical (unpaired) electrons. The number of nitrogens with zero attached hydrogens (tertiary/aromatic N) is 1. The number of rotatable bonds is 2. The van der Waals surface area contributed by atoms with E-state index in [2.05, 4.69) is 4.40 Å². The zero-order chi connectivity index (χ0) is 11.7. The van der Waals surface area contributed by atoms with Crippen LogP contribution in [0.5, 0.6) is 0 Å². The second kappa shape index (κ2) is 4.37. The van der Waals surface area contributed by atoms with Gasteiger partial charge in [-0.15, -0.1) is 0 Å². The molecule has 2 nitrogen and oxygen atoms in total. The Morgan fingerprint density at radius 2 is 2.07 bits per heavy atom. The Morgan fingerprint density at radius 3 is 2.47 bits per heavy atom. The van der Waals surface area contributed by atoms with Gasteiger partial charge in [-0.2, -0.15) is 0 Å². The Balaban J connectivity index is 2.46. The zero-order valence-electron chi connectivity index (χ0n) is 9.30. The molecule has 0 unspecified atom stereocenters. The minimum absolute atomic E-state index is 0.0775. The van der Waals surface area contributed by atoms with Crippen molar-refractivity contribution in [1.82, 2.24) is 0 Å². The van der Waals surface area contributed by atoms with Crippen molar-refractivity contribution in [3.63, 3.8) is 0 Å². The van der Waals surface area contributed by atoms with Gasteiger partial charge in [-0.05, 0) is 27.2 Å². The van der Waals surface area contributed by atoms with E-state index in [4.69, 9.17) is 0 Å². The molecule has 0 N–H and O–H groups in total. The molecule has 0 bridgehead atoms. The quantitative estimate of drug-likeness (QED) is 0.537. The van der Waals surface area contributed by atoms with Gasteiger partial charge in [0.2, 0.25) is 5.92 Å². The van der Waals surface area contributed by atoms with Gasteiger partial charge in [0.1, 0.15) is 16.1 Å². The summed E-state index contributed by atoms with van der Waals surface area (Å²) in [6.45, 7) is 5.43. The fourth-order valence-corrected chi connectivity index (χ4v) is 2.01. The van der Waals surface area contributed by atoms with Crippen molar-refractivity contribution in [2.45, 2.75) is 50.7 Å². The van der Waals surface area contributed by atoms with E-state index < -0.39 is 22.0 Å². The molecular weight excluding hydrogens is 220 g/mol. The summed E-state index contributed by atoms with van der Waals surface area (Å²) in [4.78, 5) is 0. The van der Waals surface area contributed by atoms with Crippen LogP contribution in [0.25, 0.3) is 0 Å². The molecule has 0 aromatic carbocycles. The van der Waals surface area contributed by atoms with Gasteiger partial charge in [0, 0.05) is 18.8 Å². The molecule has 0 aromatic rings. The summed E-state index contributed by atoms with van der Waals surface area (Å²) >= 11 is -1.33. The van der Waals surface area contributed by atoms with Crippen LogP contribution in [-0.2, 0) is 11.4 Å². The fraction of sp³-hybridized carbons (Fsp3) is 0.900. The lowest BCUT2D eigenvalue weighted by molar-refractivity contribution is 0.00750. The van der Waals surface area contributed by atoms with Crippen molar-refractivity contribution >= 4 is 17.6 Å². The van der Waals surface area contributed by atoms with Crippen LogP contribution >= 0.6 is 0 Å². The average Bonchev–Trinajstić information content (AvgIpc) is 2.39. The molecule has 88 valence electrons. The molecule has 0 aromatic heterocycles. The van der Waals surface area contributed by atoms with Crippen molar-refractivity contribution in [1.29, 1.82) is 0 Å². The van der Waals surface area contributed by atoms with Crippen LogP contribution in [-0.4, -0.2) is 21.4 Å². The number of hydrogen-bond donors (Lipinski definition) is 0. The fourth-order valence-electron chi connectivity index (χ4n) is 1.41. The first-order valence-electron chi connectivity index (χ1n) is 5.05. The molecule has 0 heterocycles. The molecule has 5 heteroatoms. The lowest BCUT2D eigenvalue weighted by Crippen LogP contribution is -2.26. The maximum atomic E-state index is 12.8. The highest BCUT2D eigenvalue weighted by molar-refractivity contribution is 7.91. The Labute approximate surface area is 92.5 Å². The van der Waals surface area contributed by atoms with Crippen LogP contribution in [0.2, 0.25) is 0 Å². The van der Waals surface area contributed by atoms with Gasteiger partial charge in [0.15, 0.2) is 0 Å². The SMILES string of the molecule is CC(C)(C)[S@+]([O-])/N=C/[C@H]1CCC(F)(F)C1. The van der Waals surface area contributed by atoms with Gasteiger partial charge >= 0.3 is 0 Å². The van der Waals surface area contributed by atoms with E-state index in [1.807, 2.05) is 20.8 Å². The topological polar surface area (TPSA) is 35.4 Å². The van der Waals surface area contributed by atoms with Crippen LogP contribution < -0.4 is 0 Å². The second-order valence-corrected chi connectivity index (χ2v) is 6.91. The highest BCUT2D eigenvalue weighted by Crippen LogP contribution is 2.38. The third kappa shape index (κ3) is 4.07. The summed E-state index contributed by atoms with van der Waals surface area (Å²) < 4.78 is 40.6. The summed E-state index contributed by atoms with van der Waals surface area (Å²) in [5, 5.41) is 0. The highest BCUT2D eigenvalue weighted by Gasteiger charge is 2.39. The minimum Gasteiger partial charge on any atom is -0.591 e. The molecule has 15 heavy (non-hydrogen) atoms. The molecule has 1 saturated carbocycles. The van der Waals surface area contributed by atoms with E-state index in [1.165, 1.54) is 6.21 Å². The Morgan fingerprint density at radius 1 is 1.47 bits per heavy atom. The van der Waals surface area contributed by atoms with Gasteiger partial charge in [-0.3, -0.25) is 0 Å². The Kier molecular flexibility index (Phi) is 3.76. The third-order valence-corrected chi connectivity index (χ3v) is 3.69. The number of alkyl halides is 2. The molecule has 0 spiro atoms. The van der Waals surface area contributed by atoms with Crippen LogP contribution in [0.3, 0.4) is 0 Å². The first kappa shape index (κ1) is 12.9. The smallest absolute Gasteiger partial charge is 0.248 e. The van der Waals surface area contributed by atoms with Crippen molar-refractivity contribution in [2.24, 2.45) is 10.3 Å². The molecular formula is C10H17F2NOS. The Hall–Kier alpha value is -0.160. The molecule has 0 amide bonds. The van der Waals surface area contributed by atoms with E-state index in [1.54, 1.807) is 0 Å². The summed E-state index contributed by atoms with van der Waals surface area (Å²) in [6.07, 6.45) is 1.66. The zero-order valence-corrected chi connectivity index (χ0v) is 10.1. The molecule has 1 aliphatic carbocycles. The maximum Gasteiger partial charge on any atom is 0.248 e. The summed E-state index contributed by atoms with van der Waals surface area (Å²) in [7, 11) is 0. The normalized spacial score (nSPS) is 28.5. The monoisotopic (exact) mass is 237 g/mol. The standard InChI is InChI=1S/C10H17F2NOS/c1-9(2,3)15(14)13-7-8-4-5-10(11,12)6-8/h7-8H,4-6H2,1-3H3/b13-7+/t8-,15-/m0/s1. The molecule has 0 aliphatic heterocycles. The molecule has 1 rings (SSSR count). The second-order valence-electron chi connectivity index (χ2n) is 4.97. The van der Waals surface area contributed by atoms with Crippen molar-refractivity contribution in [2.75, 3.05) is 0 Å². The van der Waals surface area contributed by atoms with E-state index >= 15 is 0 Å². The van der Waals surface area contributed by atoms with Crippen LogP contribution in [0, 0.1) is 5.92 Å². The lowest BCUT2D eigenvalue weighted by Gasteiger charge is -2.18. The molecule has 1 fully saturated rings. The summed E-state index contributed by atoms with van der Waals surface area (Å²) in [5.74, 6) is -2.77. The van der Waals surface area contributed by atoms with Crippen molar-refractivity contribution < 1.29 is 13.3 Å². The van der Waals surface area contributed by atoms with Crippen LogP contribution in [0.4, 0.5) is 8.78 Å². The summed E-state index contributed by atoms with van der Waals surface area (Å²) in [5.41, 5.74) is 0. The molecule has 1 aliphatic rings. The van der Waals surface area contributed by atoms with Crippen LogP contribution in [0.1, 0.15) is 40.0 Å². The highest BCUT2D eigenvalue weighted by atomic mass is 32.2. The third-order valence-electron chi connectivity index (χ3n) is 2.33. The summed E-state index contributed by atoms with van der Waals surface area (Å²) in [6, 6.07) is 0. The largest absolute Gasteiger partial charge is 0.591 e. The van der Waals surface area contributed by atoms with Crippen molar-refractivity contribution in [3.05, 3.63) is 0 Å².